The predicted octanol–water partition coefficient (Wildman–Crippen LogP) is 4.53. The number of hydrogen-bond donors (Lipinski definition) is 0. The third-order valence-electron chi connectivity index (χ3n) is 1.73. The number of hydrogen-bond acceptors (Lipinski definition) is 0. The molecule has 0 amide bonds. The first-order chi connectivity index (χ1) is 6.79. The fraction of sp³-hybridized carbons (Fsp3) is 0.286. The summed E-state index contributed by atoms with van der Waals surface area (Å²) < 4.78 is 0. The van der Waals surface area contributed by atoms with Gasteiger partial charge in [-0.3, -0.25) is 12.2 Å². The van der Waals surface area contributed by atoms with E-state index < -0.39 is 0 Å². The molecule has 0 radical (unpaired) electrons. The molecule has 0 heterocycles. The first-order valence-electron chi connectivity index (χ1n) is 4.62. The normalized spacial score (nSPS) is 12.5. The fourth-order valence-corrected chi connectivity index (χ4v) is 1.03. The second kappa shape index (κ2) is 23.1. The van der Waals surface area contributed by atoms with Crippen molar-refractivity contribution in [3.05, 3.63) is 62.5 Å². The van der Waals surface area contributed by atoms with Gasteiger partial charge in [0.05, 0.1) is 0 Å². The van der Waals surface area contributed by atoms with E-state index in [1.165, 1.54) is 11.1 Å². The molecule has 0 unspecified atom stereocenters. The monoisotopic (exact) mass is 468 g/mol. The zero-order valence-corrected chi connectivity index (χ0v) is 19.0. The molecule has 106 valence electrons. The molecule has 0 aromatic heterocycles. The van der Waals surface area contributed by atoms with Crippen molar-refractivity contribution in [1.82, 2.24) is 0 Å². The first kappa shape index (κ1) is 31.4. The second-order valence-corrected chi connectivity index (χ2v) is 2.93. The van der Waals surface area contributed by atoms with E-state index in [0.29, 0.717) is 0 Å². The van der Waals surface area contributed by atoms with Gasteiger partial charge in [-0.2, -0.15) is 12.2 Å². The van der Waals surface area contributed by atoms with Gasteiger partial charge in [0.25, 0.3) is 0 Å². The number of halogens is 2. The van der Waals surface area contributed by atoms with Gasteiger partial charge in [-0.05, 0) is 0 Å². The van der Waals surface area contributed by atoms with Crippen molar-refractivity contribution in [3.8, 4) is 0 Å². The van der Waals surface area contributed by atoms with Crippen LogP contribution in [0.15, 0.2) is 35.5 Å². The Kier molecular flexibility index (Phi) is 40.4. The van der Waals surface area contributed by atoms with Gasteiger partial charge in [0.15, 0.2) is 0 Å². The van der Waals surface area contributed by atoms with Gasteiger partial charge >= 0.3 is 30.2 Å². The summed E-state index contributed by atoms with van der Waals surface area (Å²) in [5.74, 6) is 0. The molecule has 0 aliphatic heterocycles. The average molecular weight is 471 g/mol. The van der Waals surface area contributed by atoms with Crippen LogP contribution < -0.4 is 0 Å². The molecule has 0 atom stereocenters. The molecule has 0 bridgehead atoms. The predicted molar refractivity (Wildman–Crippen MR) is 94.4 cm³/mol. The van der Waals surface area contributed by atoms with Gasteiger partial charge < -0.3 is 14.9 Å². The summed E-state index contributed by atoms with van der Waals surface area (Å²) >= 11 is 1.58. The molecular weight excluding hydrogens is 447 g/mol. The standard InChI is InChI=1S/2C6H7.2CH3.2BrH.H2Si.Zr/c2*1-6-4-2-3-5-6;;;;;;/h2*2,4H,3H2,1H3;2*1H3;2*1H;1H2;/q4*-1;;;;. The summed E-state index contributed by atoms with van der Waals surface area (Å²) in [7, 11) is 0. The molecule has 0 aromatic rings. The van der Waals surface area contributed by atoms with Crippen molar-refractivity contribution in [2.75, 3.05) is 0 Å². The Balaban J connectivity index is -0.0000000460. The van der Waals surface area contributed by atoms with Crippen molar-refractivity contribution < 1.29 is 23.3 Å². The third kappa shape index (κ3) is 19.4. The number of allylic oxidation sites excluding steroid dienone is 8. The van der Waals surface area contributed by atoms with Gasteiger partial charge in [-0.1, -0.05) is 13.8 Å². The summed E-state index contributed by atoms with van der Waals surface area (Å²) in [6.07, 6.45) is 16.7. The Labute approximate surface area is 152 Å². The molecule has 0 saturated carbocycles. The fourth-order valence-electron chi connectivity index (χ4n) is 1.03. The molecule has 18 heavy (non-hydrogen) atoms. The topological polar surface area (TPSA) is 0 Å². The summed E-state index contributed by atoms with van der Waals surface area (Å²) in [5, 5.41) is 0. The minimum absolute atomic E-state index is 0. The maximum atomic E-state index is 3.12. The number of rotatable bonds is 0. The van der Waals surface area contributed by atoms with Crippen molar-refractivity contribution in [3.63, 3.8) is 0 Å². The minimum atomic E-state index is 0. The van der Waals surface area contributed by atoms with E-state index >= 15 is 0 Å². The van der Waals surface area contributed by atoms with E-state index in [0.717, 1.165) is 12.8 Å². The Morgan fingerprint density at radius 3 is 1.22 bits per heavy atom. The van der Waals surface area contributed by atoms with Gasteiger partial charge in [0.1, 0.15) is 0 Å². The zero-order valence-electron chi connectivity index (χ0n) is 11.7. The molecular formula is C14H24Br2SiZr-4. The van der Waals surface area contributed by atoms with Gasteiger partial charge in [0, 0.05) is 0 Å². The van der Waals surface area contributed by atoms with Crippen LogP contribution in [0.4, 0.5) is 0 Å². The Morgan fingerprint density at radius 2 is 1.17 bits per heavy atom. The molecule has 4 heteroatoms. The van der Waals surface area contributed by atoms with E-state index in [1.807, 2.05) is 6.88 Å². The SMILES string of the molecule is Br.Br.CC1=[C-]CC=C1.CC1=[C-]CC=C1.[CH3-].[CH3-].[SiH2]=[Zr]. The molecule has 0 saturated heterocycles. The Morgan fingerprint density at radius 1 is 0.889 bits per heavy atom. The van der Waals surface area contributed by atoms with E-state index in [2.05, 4.69) is 50.3 Å². The van der Waals surface area contributed by atoms with Gasteiger partial charge in [-0.15, -0.1) is 46.8 Å². The quantitative estimate of drug-likeness (QED) is 0.360. The first-order valence-corrected chi connectivity index (χ1v) is 10.5. The second-order valence-electron chi connectivity index (χ2n) is 2.93. The van der Waals surface area contributed by atoms with Crippen molar-refractivity contribution in [2.24, 2.45) is 0 Å². The molecule has 2 rings (SSSR count). The van der Waals surface area contributed by atoms with E-state index in [-0.39, 0.29) is 48.8 Å². The van der Waals surface area contributed by atoms with Crippen LogP contribution in [-0.4, -0.2) is 6.88 Å². The summed E-state index contributed by atoms with van der Waals surface area (Å²) in [5.41, 5.74) is 2.55. The molecule has 0 fully saturated rings. The summed E-state index contributed by atoms with van der Waals surface area (Å²) in [4.78, 5) is 0. The van der Waals surface area contributed by atoms with Crippen LogP contribution in [0.3, 0.4) is 0 Å². The maximum absolute atomic E-state index is 3.12. The van der Waals surface area contributed by atoms with E-state index in [1.54, 1.807) is 23.3 Å². The van der Waals surface area contributed by atoms with Crippen molar-refractivity contribution in [1.29, 1.82) is 0 Å². The van der Waals surface area contributed by atoms with E-state index in [4.69, 9.17) is 0 Å². The van der Waals surface area contributed by atoms with Crippen LogP contribution in [0.5, 0.6) is 0 Å². The van der Waals surface area contributed by atoms with Crippen LogP contribution in [0.2, 0.25) is 0 Å². The van der Waals surface area contributed by atoms with Crippen LogP contribution in [-0.2, 0) is 23.3 Å². The van der Waals surface area contributed by atoms with Crippen molar-refractivity contribution >= 4 is 40.8 Å². The van der Waals surface area contributed by atoms with Crippen LogP contribution in [0.1, 0.15) is 26.7 Å². The Hall–Kier alpha value is 1.02. The molecule has 0 spiro atoms. The molecule has 0 aromatic carbocycles. The van der Waals surface area contributed by atoms with Crippen LogP contribution in [0, 0.1) is 27.0 Å². The van der Waals surface area contributed by atoms with Crippen LogP contribution in [0.25, 0.3) is 0 Å². The van der Waals surface area contributed by atoms with Gasteiger partial charge in [0.2, 0.25) is 0 Å². The van der Waals surface area contributed by atoms with Crippen LogP contribution >= 0.6 is 34.0 Å². The van der Waals surface area contributed by atoms with Crippen molar-refractivity contribution in [2.45, 2.75) is 26.7 Å². The molecule has 0 nitrogen and oxygen atoms in total. The summed E-state index contributed by atoms with van der Waals surface area (Å²) in [6, 6.07) is 0. The molecule has 2 aliphatic carbocycles. The molecule has 2 aliphatic rings. The molecule has 0 N–H and O–H groups in total. The average Bonchev–Trinajstić information content (AvgIpc) is 2.83. The van der Waals surface area contributed by atoms with Gasteiger partial charge in [-0.25, -0.2) is 23.3 Å². The van der Waals surface area contributed by atoms with E-state index in [9.17, 15) is 0 Å². The summed E-state index contributed by atoms with van der Waals surface area (Å²) in [6.45, 7) is 6.07. The third-order valence-corrected chi connectivity index (χ3v) is 1.73. The Bertz CT molecular complexity index is 248. The zero-order chi connectivity index (χ0) is 10.8.